The van der Waals surface area contributed by atoms with Gasteiger partial charge in [0.25, 0.3) is 5.56 Å². The van der Waals surface area contributed by atoms with Crippen LogP contribution in [0.25, 0.3) is 6.08 Å². The van der Waals surface area contributed by atoms with Gasteiger partial charge in [-0.15, -0.1) is 0 Å². The van der Waals surface area contributed by atoms with E-state index in [1.54, 1.807) is 51.1 Å². The quantitative estimate of drug-likeness (QED) is 0.357. The lowest BCUT2D eigenvalue weighted by Crippen LogP contribution is -2.40. The van der Waals surface area contributed by atoms with Crippen LogP contribution in [-0.2, 0) is 19.1 Å². The van der Waals surface area contributed by atoms with Crippen LogP contribution < -0.4 is 24.4 Å². The van der Waals surface area contributed by atoms with E-state index in [0.29, 0.717) is 44.3 Å². The molecule has 204 valence electrons. The molecule has 2 heterocycles. The zero-order valence-corrected chi connectivity index (χ0v) is 23.1. The van der Waals surface area contributed by atoms with Crippen molar-refractivity contribution in [1.29, 1.82) is 0 Å². The molecule has 1 aliphatic rings. The van der Waals surface area contributed by atoms with E-state index < -0.39 is 18.0 Å². The molecule has 0 radical (unpaired) electrons. The zero-order chi connectivity index (χ0) is 27.9. The molecule has 1 aliphatic heterocycles. The molecular formula is C29H30N2O7S. The Hall–Kier alpha value is -4.18. The number of benzene rings is 2. The SMILES string of the molecule is CCOC(=O)COc1ccc(/C=c2\sc3n(c2=O)[C@H](c2ccccc2OCC)C(C(=O)OCC)=C(C)N=3)cc1. The minimum atomic E-state index is -0.760. The second-order valence-corrected chi connectivity index (χ2v) is 9.44. The van der Waals surface area contributed by atoms with Gasteiger partial charge in [-0.3, -0.25) is 9.36 Å². The van der Waals surface area contributed by atoms with Crippen molar-refractivity contribution in [2.45, 2.75) is 33.7 Å². The number of ether oxygens (including phenoxy) is 4. The molecule has 0 amide bonds. The summed E-state index contributed by atoms with van der Waals surface area (Å²) in [5, 5.41) is 0. The lowest BCUT2D eigenvalue weighted by atomic mass is 9.95. The molecule has 0 N–H and O–H groups in total. The molecule has 10 heteroatoms. The van der Waals surface area contributed by atoms with Crippen LogP contribution in [-0.4, -0.2) is 42.9 Å². The van der Waals surface area contributed by atoms with E-state index in [9.17, 15) is 14.4 Å². The van der Waals surface area contributed by atoms with Crippen molar-refractivity contribution in [1.82, 2.24) is 4.57 Å². The van der Waals surface area contributed by atoms with Crippen molar-refractivity contribution in [2.75, 3.05) is 26.4 Å². The Labute approximate surface area is 229 Å². The van der Waals surface area contributed by atoms with Gasteiger partial charge in [0.05, 0.1) is 35.6 Å². The lowest BCUT2D eigenvalue weighted by Gasteiger charge is -2.26. The van der Waals surface area contributed by atoms with Crippen LogP contribution >= 0.6 is 11.3 Å². The molecule has 2 aromatic carbocycles. The van der Waals surface area contributed by atoms with Crippen LogP contribution in [0.1, 0.15) is 44.9 Å². The van der Waals surface area contributed by atoms with Gasteiger partial charge in [0.1, 0.15) is 17.5 Å². The second-order valence-electron chi connectivity index (χ2n) is 8.44. The van der Waals surface area contributed by atoms with Gasteiger partial charge in [-0.05, 0) is 57.5 Å². The van der Waals surface area contributed by atoms with E-state index in [2.05, 4.69) is 4.99 Å². The average Bonchev–Trinajstić information content (AvgIpc) is 3.22. The topological polar surface area (TPSA) is 105 Å². The molecule has 0 saturated heterocycles. The number of rotatable bonds is 10. The van der Waals surface area contributed by atoms with Gasteiger partial charge in [-0.25, -0.2) is 14.6 Å². The summed E-state index contributed by atoms with van der Waals surface area (Å²) in [4.78, 5) is 43.5. The summed E-state index contributed by atoms with van der Waals surface area (Å²) < 4.78 is 23.5. The molecule has 39 heavy (non-hydrogen) atoms. The number of hydrogen-bond donors (Lipinski definition) is 0. The van der Waals surface area contributed by atoms with Crippen molar-refractivity contribution in [3.63, 3.8) is 0 Å². The van der Waals surface area contributed by atoms with E-state index in [1.807, 2.05) is 31.2 Å². The fourth-order valence-corrected chi connectivity index (χ4v) is 5.28. The number of esters is 2. The van der Waals surface area contributed by atoms with Crippen LogP contribution in [0.5, 0.6) is 11.5 Å². The minimum absolute atomic E-state index is 0.183. The monoisotopic (exact) mass is 550 g/mol. The molecular weight excluding hydrogens is 520 g/mol. The Morgan fingerprint density at radius 1 is 0.974 bits per heavy atom. The Bertz CT molecular complexity index is 1570. The maximum atomic E-state index is 13.8. The molecule has 4 rings (SSSR count). The predicted octanol–water partition coefficient (Wildman–Crippen LogP) is 3.14. The van der Waals surface area contributed by atoms with Crippen molar-refractivity contribution in [2.24, 2.45) is 4.99 Å². The molecule has 1 atom stereocenters. The zero-order valence-electron chi connectivity index (χ0n) is 22.3. The summed E-state index contributed by atoms with van der Waals surface area (Å²) >= 11 is 1.24. The van der Waals surface area contributed by atoms with Gasteiger partial charge in [-0.2, -0.15) is 0 Å². The van der Waals surface area contributed by atoms with E-state index in [0.717, 1.165) is 5.56 Å². The van der Waals surface area contributed by atoms with Crippen molar-refractivity contribution >= 4 is 29.4 Å². The molecule has 3 aromatic rings. The Morgan fingerprint density at radius 2 is 1.69 bits per heavy atom. The van der Waals surface area contributed by atoms with E-state index in [-0.39, 0.29) is 25.4 Å². The number of carbonyl (C=O) groups excluding carboxylic acids is 2. The number of hydrogen-bond acceptors (Lipinski definition) is 9. The van der Waals surface area contributed by atoms with Gasteiger partial charge in [0.15, 0.2) is 11.4 Å². The van der Waals surface area contributed by atoms with Crippen LogP contribution in [0.2, 0.25) is 0 Å². The Morgan fingerprint density at radius 3 is 2.38 bits per heavy atom. The van der Waals surface area contributed by atoms with Gasteiger partial charge in [-0.1, -0.05) is 41.7 Å². The largest absolute Gasteiger partial charge is 0.494 e. The number of nitrogens with zero attached hydrogens (tertiary/aromatic N) is 2. The lowest BCUT2D eigenvalue weighted by molar-refractivity contribution is -0.145. The maximum Gasteiger partial charge on any atom is 0.344 e. The Kier molecular flexibility index (Phi) is 8.98. The summed E-state index contributed by atoms with van der Waals surface area (Å²) in [5.74, 6) is 0.113. The van der Waals surface area contributed by atoms with Crippen LogP contribution in [0.4, 0.5) is 0 Å². The number of aromatic nitrogens is 1. The minimum Gasteiger partial charge on any atom is -0.494 e. The first-order valence-electron chi connectivity index (χ1n) is 12.7. The van der Waals surface area contributed by atoms with Crippen LogP contribution in [0.3, 0.4) is 0 Å². The van der Waals surface area contributed by atoms with E-state index >= 15 is 0 Å². The predicted molar refractivity (Wildman–Crippen MR) is 147 cm³/mol. The fourth-order valence-electron chi connectivity index (χ4n) is 4.24. The van der Waals surface area contributed by atoms with Crippen LogP contribution in [0, 0.1) is 0 Å². The third kappa shape index (κ3) is 6.12. The average molecular weight is 551 g/mol. The Balaban J connectivity index is 1.77. The van der Waals surface area contributed by atoms with Crippen molar-refractivity contribution in [3.05, 3.63) is 90.6 Å². The standard InChI is InChI=1S/C29H30N2O7S/c1-5-35-22-11-9-8-10-21(22)26-25(28(34)37-7-3)18(4)30-29-31(26)27(33)23(39-29)16-19-12-14-20(15-13-19)38-17-24(32)36-6-2/h8-16,26H,5-7,17H2,1-4H3/b23-16-/t26-/m1/s1. The van der Waals surface area contributed by atoms with Gasteiger partial charge < -0.3 is 18.9 Å². The highest BCUT2D eigenvalue weighted by Crippen LogP contribution is 2.35. The van der Waals surface area contributed by atoms with Gasteiger partial charge in [0.2, 0.25) is 0 Å². The normalized spacial score (nSPS) is 14.9. The van der Waals surface area contributed by atoms with E-state index in [4.69, 9.17) is 18.9 Å². The molecule has 0 aliphatic carbocycles. The first kappa shape index (κ1) is 27.8. The second kappa shape index (κ2) is 12.6. The first-order chi connectivity index (χ1) is 18.9. The maximum absolute atomic E-state index is 13.8. The number of thiazole rings is 1. The smallest absolute Gasteiger partial charge is 0.344 e. The summed E-state index contributed by atoms with van der Waals surface area (Å²) in [6.07, 6.45) is 1.76. The third-order valence-corrected chi connectivity index (χ3v) is 6.85. The van der Waals surface area contributed by atoms with E-state index in [1.165, 1.54) is 15.9 Å². The number of carbonyl (C=O) groups is 2. The summed E-state index contributed by atoms with van der Waals surface area (Å²) in [6, 6.07) is 13.6. The number of fused-ring (bicyclic) bond motifs is 1. The van der Waals surface area contributed by atoms with Gasteiger partial charge >= 0.3 is 11.9 Å². The molecule has 0 bridgehead atoms. The summed E-state index contributed by atoms with van der Waals surface area (Å²) in [5.41, 5.74) is 1.93. The molecule has 0 saturated carbocycles. The highest BCUT2D eigenvalue weighted by atomic mass is 32.1. The van der Waals surface area contributed by atoms with Crippen LogP contribution in [0.15, 0.2) is 69.6 Å². The number of allylic oxidation sites excluding steroid dienone is 1. The molecule has 0 unspecified atom stereocenters. The highest BCUT2D eigenvalue weighted by molar-refractivity contribution is 7.07. The van der Waals surface area contributed by atoms with Gasteiger partial charge in [0, 0.05) is 5.56 Å². The first-order valence-corrected chi connectivity index (χ1v) is 13.5. The molecule has 0 spiro atoms. The number of para-hydroxylation sites is 1. The molecule has 0 fully saturated rings. The summed E-state index contributed by atoms with van der Waals surface area (Å²) in [7, 11) is 0. The third-order valence-electron chi connectivity index (χ3n) is 5.87. The van der Waals surface area contributed by atoms with Crippen molar-refractivity contribution < 1.29 is 28.5 Å². The molecule has 1 aromatic heterocycles. The fraction of sp³-hybridized carbons (Fsp3) is 0.310. The summed E-state index contributed by atoms with van der Waals surface area (Å²) in [6.45, 7) is 7.82. The highest BCUT2D eigenvalue weighted by Gasteiger charge is 2.35. The molecule has 9 nitrogen and oxygen atoms in total. The van der Waals surface area contributed by atoms with Crippen molar-refractivity contribution in [3.8, 4) is 11.5 Å².